The first-order chi connectivity index (χ1) is 16.6. The predicted octanol–water partition coefficient (Wildman–Crippen LogP) is 5.15. The molecule has 0 saturated carbocycles. The Hall–Kier alpha value is -3.88. The van der Waals surface area contributed by atoms with Crippen molar-refractivity contribution in [3.05, 3.63) is 59.7 Å². The highest BCUT2D eigenvalue weighted by Gasteiger charge is 2.17. The molecule has 9 heteroatoms. The maximum Gasteiger partial charge on any atom is 0.413 e. The molecule has 8 nitrogen and oxygen atoms in total. The number of hydrogen-bond donors (Lipinski definition) is 1. The van der Waals surface area contributed by atoms with Crippen LogP contribution in [0.4, 0.5) is 15.0 Å². The summed E-state index contributed by atoms with van der Waals surface area (Å²) in [6.45, 7) is 3.57. The van der Waals surface area contributed by atoms with Gasteiger partial charge in [-0.3, -0.25) is 5.32 Å². The Bertz CT molecular complexity index is 1360. The fourth-order valence-corrected chi connectivity index (χ4v) is 4.36. The van der Waals surface area contributed by atoms with E-state index in [-0.39, 0.29) is 6.61 Å². The van der Waals surface area contributed by atoms with Gasteiger partial charge < -0.3 is 14.0 Å². The van der Waals surface area contributed by atoms with Crippen LogP contribution in [0.25, 0.3) is 22.3 Å². The van der Waals surface area contributed by atoms with Crippen molar-refractivity contribution >= 4 is 22.9 Å². The second-order valence-corrected chi connectivity index (χ2v) is 8.24. The summed E-state index contributed by atoms with van der Waals surface area (Å²) < 4.78 is 28.2. The summed E-state index contributed by atoms with van der Waals surface area (Å²) >= 11 is 0. The van der Waals surface area contributed by atoms with E-state index in [1.54, 1.807) is 16.8 Å². The van der Waals surface area contributed by atoms with Crippen LogP contribution in [0.15, 0.2) is 42.5 Å². The summed E-state index contributed by atoms with van der Waals surface area (Å²) in [6.07, 6.45) is 2.76. The number of anilines is 1. The van der Waals surface area contributed by atoms with Gasteiger partial charge in [-0.2, -0.15) is 5.10 Å². The van der Waals surface area contributed by atoms with Crippen LogP contribution >= 0.6 is 0 Å². The van der Waals surface area contributed by atoms with E-state index in [1.807, 2.05) is 25.1 Å². The zero-order chi connectivity index (χ0) is 23.7. The van der Waals surface area contributed by atoms with E-state index in [0.29, 0.717) is 29.4 Å². The van der Waals surface area contributed by atoms with E-state index in [0.717, 1.165) is 35.4 Å². The zero-order valence-corrected chi connectivity index (χ0v) is 19.2. The van der Waals surface area contributed by atoms with Gasteiger partial charge in [0.2, 0.25) is 0 Å². The molecule has 0 fully saturated rings. The van der Waals surface area contributed by atoms with Crippen molar-refractivity contribution in [1.29, 1.82) is 0 Å². The van der Waals surface area contributed by atoms with E-state index < -0.39 is 11.9 Å². The quantitative estimate of drug-likeness (QED) is 0.427. The number of aromatic nitrogens is 4. The minimum atomic E-state index is -0.587. The molecule has 3 heterocycles. The number of amides is 1. The third kappa shape index (κ3) is 4.21. The van der Waals surface area contributed by atoms with Crippen LogP contribution in [-0.4, -0.2) is 32.5 Å². The molecule has 0 saturated heterocycles. The third-order valence-electron chi connectivity index (χ3n) is 6.04. The van der Waals surface area contributed by atoms with Gasteiger partial charge in [-0.05, 0) is 49.6 Å². The van der Waals surface area contributed by atoms with Gasteiger partial charge in [0.15, 0.2) is 0 Å². The first-order valence-corrected chi connectivity index (χ1v) is 11.4. The fourth-order valence-electron chi connectivity index (χ4n) is 4.36. The highest BCUT2D eigenvalue weighted by molar-refractivity contribution is 5.85. The Morgan fingerprint density at radius 3 is 2.88 bits per heavy atom. The van der Waals surface area contributed by atoms with Gasteiger partial charge in [0.25, 0.3) is 0 Å². The summed E-state index contributed by atoms with van der Waals surface area (Å²) in [7, 11) is 1.47. The number of nitrogens with one attached hydrogen (secondary N) is 1. The molecule has 0 spiro atoms. The number of aryl methyl sites for hydroxylation is 3. The average Bonchev–Trinajstić information content (AvgIpc) is 3.43. The molecule has 176 valence electrons. The van der Waals surface area contributed by atoms with Crippen molar-refractivity contribution in [1.82, 2.24) is 19.3 Å². The van der Waals surface area contributed by atoms with Crippen molar-refractivity contribution in [3.63, 3.8) is 0 Å². The summed E-state index contributed by atoms with van der Waals surface area (Å²) in [5.41, 5.74) is 4.12. The molecule has 34 heavy (non-hydrogen) atoms. The number of nitrogens with zero attached hydrogens (tertiary/aromatic N) is 4. The van der Waals surface area contributed by atoms with Crippen LogP contribution in [-0.2, 0) is 30.9 Å². The molecule has 1 amide bonds. The maximum atomic E-state index is 13.6. The predicted molar refractivity (Wildman–Crippen MR) is 126 cm³/mol. The van der Waals surface area contributed by atoms with Crippen LogP contribution < -0.4 is 10.1 Å². The van der Waals surface area contributed by atoms with Crippen molar-refractivity contribution in [2.45, 2.75) is 45.9 Å². The molecular weight excluding hydrogens is 437 g/mol. The largest absolute Gasteiger partial charge is 0.496 e. The van der Waals surface area contributed by atoms with Crippen molar-refractivity contribution in [2.75, 3.05) is 12.4 Å². The SMILES string of the molecule is CCn1nc(-c2ccc(F)cc2OC)cc1NC(=O)OCc1ccc2c(c1)nc1n2CCCC1. The number of carbonyl (C=O) groups is 1. The van der Waals surface area contributed by atoms with Crippen molar-refractivity contribution in [3.8, 4) is 17.0 Å². The summed E-state index contributed by atoms with van der Waals surface area (Å²) in [6, 6.07) is 11.9. The zero-order valence-electron chi connectivity index (χ0n) is 19.2. The Kier molecular flexibility index (Phi) is 5.91. The van der Waals surface area contributed by atoms with E-state index in [1.165, 1.54) is 32.1 Å². The smallest absolute Gasteiger partial charge is 0.413 e. The van der Waals surface area contributed by atoms with Gasteiger partial charge in [-0.15, -0.1) is 0 Å². The van der Waals surface area contributed by atoms with Crippen molar-refractivity contribution in [2.24, 2.45) is 0 Å². The van der Waals surface area contributed by atoms with Gasteiger partial charge in [0.1, 0.15) is 29.8 Å². The lowest BCUT2D eigenvalue weighted by molar-refractivity contribution is 0.155. The molecule has 2 aromatic heterocycles. The molecule has 0 radical (unpaired) electrons. The van der Waals surface area contributed by atoms with Gasteiger partial charge in [0, 0.05) is 37.2 Å². The molecule has 2 aromatic carbocycles. The minimum absolute atomic E-state index is 0.128. The Morgan fingerprint density at radius 2 is 2.06 bits per heavy atom. The molecule has 0 bridgehead atoms. The normalized spacial score (nSPS) is 13.0. The van der Waals surface area contributed by atoms with E-state index >= 15 is 0 Å². The number of carbonyl (C=O) groups excluding carboxylic acids is 1. The van der Waals surface area contributed by atoms with Gasteiger partial charge >= 0.3 is 6.09 Å². The average molecular weight is 464 g/mol. The Morgan fingerprint density at radius 1 is 1.18 bits per heavy atom. The van der Waals surface area contributed by atoms with E-state index in [9.17, 15) is 9.18 Å². The second-order valence-electron chi connectivity index (χ2n) is 8.24. The standard InChI is InChI=1S/C25H26FN5O3/c1-3-31-24(14-19(29-31)18-9-8-17(26)13-22(18)33-2)28-25(32)34-15-16-7-10-21-20(12-16)27-23-6-4-5-11-30(21)23/h7-10,12-14H,3-6,11,15H2,1-2H3,(H,28,32). The highest BCUT2D eigenvalue weighted by Crippen LogP contribution is 2.31. The summed E-state index contributed by atoms with van der Waals surface area (Å²) in [5, 5.41) is 7.26. The Labute approximate surface area is 196 Å². The van der Waals surface area contributed by atoms with E-state index in [2.05, 4.69) is 15.0 Å². The van der Waals surface area contributed by atoms with Gasteiger partial charge in [0.05, 0.1) is 23.8 Å². The molecule has 1 aliphatic rings. The monoisotopic (exact) mass is 463 g/mol. The van der Waals surface area contributed by atoms with Crippen LogP contribution in [0.1, 0.15) is 31.2 Å². The van der Waals surface area contributed by atoms with Crippen molar-refractivity contribution < 1.29 is 18.7 Å². The van der Waals surface area contributed by atoms with Gasteiger partial charge in [-0.1, -0.05) is 6.07 Å². The number of rotatable bonds is 6. The third-order valence-corrected chi connectivity index (χ3v) is 6.04. The number of benzene rings is 2. The number of hydrogen-bond acceptors (Lipinski definition) is 5. The topological polar surface area (TPSA) is 83.2 Å². The highest BCUT2D eigenvalue weighted by atomic mass is 19.1. The summed E-state index contributed by atoms with van der Waals surface area (Å²) in [5.74, 6) is 1.57. The molecule has 0 aliphatic carbocycles. The molecular formula is C25H26FN5O3. The number of ether oxygens (including phenoxy) is 2. The number of halogens is 1. The second kappa shape index (κ2) is 9.17. The molecule has 0 atom stereocenters. The molecule has 5 rings (SSSR count). The molecule has 1 N–H and O–H groups in total. The number of imidazole rings is 1. The fraction of sp³-hybridized carbons (Fsp3) is 0.320. The first kappa shape index (κ1) is 21.9. The Balaban J connectivity index is 1.28. The molecule has 4 aromatic rings. The maximum absolute atomic E-state index is 13.6. The number of methoxy groups -OCH3 is 1. The minimum Gasteiger partial charge on any atom is -0.496 e. The lowest BCUT2D eigenvalue weighted by Gasteiger charge is -2.13. The summed E-state index contributed by atoms with van der Waals surface area (Å²) in [4.78, 5) is 17.3. The van der Waals surface area contributed by atoms with Crippen LogP contribution in [0.2, 0.25) is 0 Å². The van der Waals surface area contributed by atoms with E-state index in [4.69, 9.17) is 14.5 Å². The number of fused-ring (bicyclic) bond motifs is 3. The molecule has 0 unspecified atom stereocenters. The van der Waals surface area contributed by atoms with Crippen LogP contribution in [0.5, 0.6) is 5.75 Å². The lowest BCUT2D eigenvalue weighted by atomic mass is 10.1. The lowest BCUT2D eigenvalue weighted by Crippen LogP contribution is -2.16. The van der Waals surface area contributed by atoms with Gasteiger partial charge in [-0.25, -0.2) is 18.9 Å². The van der Waals surface area contributed by atoms with Crippen LogP contribution in [0, 0.1) is 5.82 Å². The van der Waals surface area contributed by atoms with Crippen LogP contribution in [0.3, 0.4) is 0 Å². The molecule has 1 aliphatic heterocycles. The first-order valence-electron chi connectivity index (χ1n) is 11.4.